The maximum Gasteiger partial charge on any atom is 0.265 e. The Balaban J connectivity index is 1.38. The minimum absolute atomic E-state index is 0.216. The van der Waals surface area contributed by atoms with Crippen LogP contribution >= 0.6 is 0 Å². The molecule has 0 saturated carbocycles. The van der Waals surface area contributed by atoms with Gasteiger partial charge in [0.15, 0.2) is 0 Å². The van der Waals surface area contributed by atoms with Crippen LogP contribution in [-0.4, -0.2) is 30.9 Å². The highest BCUT2D eigenvalue weighted by Gasteiger charge is 2.19. The molecule has 4 aromatic carbocycles. The maximum atomic E-state index is 13.5. The number of benzene rings is 4. The van der Waals surface area contributed by atoms with Crippen molar-refractivity contribution in [2.75, 3.05) is 5.32 Å². The van der Waals surface area contributed by atoms with Gasteiger partial charge in [-0.05, 0) is 48.5 Å². The number of anilines is 2. The van der Waals surface area contributed by atoms with Gasteiger partial charge in [-0.3, -0.25) is 18.7 Å². The molecular formula is C28H19N5O2. The molecular weight excluding hydrogens is 438 g/mol. The Hall–Kier alpha value is -5.04. The number of fused-ring (bicyclic) bond motifs is 2. The summed E-state index contributed by atoms with van der Waals surface area (Å²) < 4.78 is 3.06. The van der Waals surface area contributed by atoms with Crippen molar-refractivity contribution >= 4 is 45.3 Å². The van der Waals surface area contributed by atoms with Gasteiger partial charge in [-0.1, -0.05) is 48.5 Å². The third-order valence-corrected chi connectivity index (χ3v) is 5.93. The van der Waals surface area contributed by atoms with Crippen LogP contribution in [0.2, 0.25) is 0 Å². The normalized spacial score (nSPS) is 11.1. The van der Waals surface area contributed by atoms with Gasteiger partial charge in [-0.2, -0.15) is 0 Å². The number of carbonyl (C=O) groups is 2. The van der Waals surface area contributed by atoms with Crippen LogP contribution < -0.4 is 5.32 Å². The van der Waals surface area contributed by atoms with Crippen molar-refractivity contribution in [3.63, 3.8) is 0 Å². The topological polar surface area (TPSA) is 81.8 Å². The highest BCUT2D eigenvalue weighted by Crippen LogP contribution is 2.27. The van der Waals surface area contributed by atoms with Gasteiger partial charge in [0.1, 0.15) is 12.7 Å². The SMILES string of the molecule is O=C(c1ccccc1Nc1ccccc1C(=O)n1cnc2ccccc21)n1cnc2ccccc21. The van der Waals surface area contributed by atoms with E-state index in [1.807, 2.05) is 84.9 Å². The summed E-state index contributed by atoms with van der Waals surface area (Å²) in [5.41, 5.74) is 5.06. The van der Waals surface area contributed by atoms with Gasteiger partial charge in [0.25, 0.3) is 11.8 Å². The second-order valence-electron chi connectivity index (χ2n) is 8.03. The van der Waals surface area contributed by atoms with E-state index in [2.05, 4.69) is 15.3 Å². The van der Waals surface area contributed by atoms with E-state index >= 15 is 0 Å². The summed E-state index contributed by atoms with van der Waals surface area (Å²) in [6.07, 6.45) is 3.07. The Kier molecular flexibility index (Phi) is 4.93. The largest absolute Gasteiger partial charge is 0.354 e. The zero-order valence-corrected chi connectivity index (χ0v) is 18.5. The number of carbonyl (C=O) groups excluding carboxylic acids is 2. The van der Waals surface area contributed by atoms with E-state index in [9.17, 15) is 9.59 Å². The summed E-state index contributed by atoms with van der Waals surface area (Å²) in [4.78, 5) is 35.7. The molecule has 0 fully saturated rings. The maximum absolute atomic E-state index is 13.5. The first-order valence-corrected chi connectivity index (χ1v) is 11.1. The predicted octanol–water partition coefficient (Wildman–Crippen LogP) is 5.51. The minimum Gasteiger partial charge on any atom is -0.354 e. The van der Waals surface area contributed by atoms with Crippen molar-refractivity contribution in [1.29, 1.82) is 0 Å². The Bertz CT molecular complexity index is 1600. The molecule has 2 heterocycles. The summed E-state index contributed by atoms with van der Waals surface area (Å²) in [5, 5.41) is 3.31. The molecule has 0 atom stereocenters. The zero-order valence-electron chi connectivity index (χ0n) is 18.5. The van der Waals surface area contributed by atoms with Crippen LogP contribution in [0.5, 0.6) is 0 Å². The van der Waals surface area contributed by atoms with Gasteiger partial charge in [-0.15, -0.1) is 0 Å². The van der Waals surface area contributed by atoms with Crippen LogP contribution in [0.25, 0.3) is 22.1 Å². The molecule has 1 N–H and O–H groups in total. The summed E-state index contributed by atoms with van der Waals surface area (Å²) in [6.45, 7) is 0. The quantitative estimate of drug-likeness (QED) is 0.378. The highest BCUT2D eigenvalue weighted by molar-refractivity contribution is 6.08. The standard InChI is InChI=1S/C28H19N5O2/c34-27(32-17-29-23-13-5-7-15-25(23)32)19-9-1-3-11-21(19)31-22-12-4-2-10-20(22)28(35)33-18-30-24-14-6-8-16-26(24)33/h1-18,31H. The number of rotatable bonds is 4. The molecule has 0 aliphatic carbocycles. The number of hydrogen-bond acceptors (Lipinski definition) is 5. The smallest absolute Gasteiger partial charge is 0.265 e. The third kappa shape index (κ3) is 3.55. The molecule has 0 spiro atoms. The van der Waals surface area contributed by atoms with Crippen LogP contribution in [0, 0.1) is 0 Å². The lowest BCUT2D eigenvalue weighted by atomic mass is 10.1. The van der Waals surface area contributed by atoms with Gasteiger partial charge >= 0.3 is 0 Å². The number of nitrogens with one attached hydrogen (secondary N) is 1. The average Bonchev–Trinajstić information content (AvgIpc) is 3.53. The number of hydrogen-bond donors (Lipinski definition) is 1. The van der Waals surface area contributed by atoms with Crippen molar-refractivity contribution < 1.29 is 9.59 Å². The number of imidazole rings is 2. The predicted molar refractivity (Wildman–Crippen MR) is 135 cm³/mol. The molecule has 0 amide bonds. The fraction of sp³-hybridized carbons (Fsp3) is 0. The Morgan fingerprint density at radius 1 is 0.543 bits per heavy atom. The molecule has 0 unspecified atom stereocenters. The third-order valence-electron chi connectivity index (χ3n) is 5.93. The lowest BCUT2D eigenvalue weighted by molar-refractivity contribution is 0.0957. The Morgan fingerprint density at radius 3 is 1.43 bits per heavy atom. The second kappa shape index (κ2) is 8.39. The molecule has 35 heavy (non-hydrogen) atoms. The Morgan fingerprint density at radius 2 is 0.943 bits per heavy atom. The summed E-state index contributed by atoms with van der Waals surface area (Å²) >= 11 is 0. The number of para-hydroxylation sites is 6. The van der Waals surface area contributed by atoms with Gasteiger partial charge < -0.3 is 5.32 Å². The molecule has 6 rings (SSSR count). The number of nitrogens with zero attached hydrogens (tertiary/aromatic N) is 4. The van der Waals surface area contributed by atoms with Crippen LogP contribution in [-0.2, 0) is 0 Å². The summed E-state index contributed by atoms with van der Waals surface area (Å²) in [7, 11) is 0. The fourth-order valence-corrected chi connectivity index (χ4v) is 4.20. The van der Waals surface area contributed by atoms with E-state index in [1.165, 1.54) is 21.8 Å². The molecule has 2 aromatic heterocycles. The van der Waals surface area contributed by atoms with E-state index in [1.54, 1.807) is 12.1 Å². The summed E-state index contributed by atoms with van der Waals surface area (Å²) in [5.74, 6) is -0.433. The molecule has 0 aliphatic heterocycles. The van der Waals surface area contributed by atoms with Crippen LogP contribution in [0.1, 0.15) is 20.7 Å². The second-order valence-corrected chi connectivity index (χ2v) is 8.03. The van der Waals surface area contributed by atoms with Crippen LogP contribution in [0.4, 0.5) is 11.4 Å². The summed E-state index contributed by atoms with van der Waals surface area (Å²) in [6, 6.07) is 29.4. The zero-order chi connectivity index (χ0) is 23.8. The fourth-order valence-electron chi connectivity index (χ4n) is 4.20. The van der Waals surface area contributed by atoms with E-state index in [-0.39, 0.29) is 11.8 Å². The lowest BCUT2D eigenvalue weighted by Crippen LogP contribution is -2.15. The van der Waals surface area contributed by atoms with Gasteiger partial charge in [0.2, 0.25) is 0 Å². The lowest BCUT2D eigenvalue weighted by Gasteiger charge is -2.15. The van der Waals surface area contributed by atoms with E-state index in [4.69, 9.17) is 0 Å². The van der Waals surface area contributed by atoms with Gasteiger partial charge in [-0.25, -0.2) is 9.97 Å². The average molecular weight is 457 g/mol. The minimum atomic E-state index is -0.216. The van der Waals surface area contributed by atoms with Crippen molar-refractivity contribution in [2.24, 2.45) is 0 Å². The monoisotopic (exact) mass is 457 g/mol. The molecule has 7 heteroatoms. The molecule has 168 valence electrons. The molecule has 0 bridgehead atoms. The van der Waals surface area contributed by atoms with E-state index in [0.717, 1.165) is 22.1 Å². The van der Waals surface area contributed by atoms with Gasteiger partial charge in [0.05, 0.1) is 44.6 Å². The molecule has 0 radical (unpaired) electrons. The van der Waals surface area contributed by atoms with Crippen molar-refractivity contribution in [2.45, 2.75) is 0 Å². The first-order chi connectivity index (χ1) is 17.2. The highest BCUT2D eigenvalue weighted by atomic mass is 16.2. The Labute approximate surface area is 200 Å². The van der Waals surface area contributed by atoms with E-state index < -0.39 is 0 Å². The molecule has 7 nitrogen and oxygen atoms in total. The van der Waals surface area contributed by atoms with Crippen molar-refractivity contribution in [3.05, 3.63) is 121 Å². The first-order valence-electron chi connectivity index (χ1n) is 11.1. The van der Waals surface area contributed by atoms with Crippen molar-refractivity contribution in [3.8, 4) is 0 Å². The van der Waals surface area contributed by atoms with Crippen LogP contribution in [0.15, 0.2) is 110 Å². The van der Waals surface area contributed by atoms with Crippen LogP contribution in [0.3, 0.4) is 0 Å². The molecule has 0 aliphatic rings. The van der Waals surface area contributed by atoms with E-state index in [0.29, 0.717) is 22.5 Å². The van der Waals surface area contributed by atoms with Crippen molar-refractivity contribution in [1.82, 2.24) is 19.1 Å². The molecule has 6 aromatic rings. The molecule has 0 saturated heterocycles. The number of aromatic nitrogens is 4. The van der Waals surface area contributed by atoms with Gasteiger partial charge in [0, 0.05) is 0 Å². The first kappa shape index (κ1) is 20.6.